The third-order valence-electron chi connectivity index (χ3n) is 1.77. The summed E-state index contributed by atoms with van der Waals surface area (Å²) < 4.78 is 20.6. The van der Waals surface area contributed by atoms with E-state index in [9.17, 15) is 5.11 Å². The van der Waals surface area contributed by atoms with E-state index in [1.54, 1.807) is 0 Å². The van der Waals surface area contributed by atoms with Crippen molar-refractivity contribution >= 4 is 0 Å². The van der Waals surface area contributed by atoms with Crippen molar-refractivity contribution in [2.75, 3.05) is 52.9 Å². The maximum absolute atomic E-state index is 9.34. The summed E-state index contributed by atoms with van der Waals surface area (Å²) in [5, 5.41) is 9.34. The molecule has 0 aromatic heterocycles. The number of aliphatic hydroxyl groups is 1. The molecule has 0 spiro atoms. The van der Waals surface area contributed by atoms with E-state index in [-0.39, 0.29) is 6.61 Å². The Bertz CT molecular complexity index is 132. The van der Waals surface area contributed by atoms with Crippen LogP contribution in [0.25, 0.3) is 0 Å². The minimum absolute atomic E-state index is 0.287. The van der Waals surface area contributed by atoms with Crippen molar-refractivity contribution in [3.8, 4) is 0 Å². The minimum Gasteiger partial charge on any atom is -0.388 e. The van der Waals surface area contributed by atoms with E-state index in [1.165, 1.54) is 0 Å². The van der Waals surface area contributed by atoms with Crippen molar-refractivity contribution in [3.05, 3.63) is 0 Å². The zero-order valence-corrected chi connectivity index (χ0v) is 10.3. The average Bonchev–Trinajstić information content (AvgIpc) is 2.30. The quantitative estimate of drug-likeness (QED) is 0.499. The lowest BCUT2D eigenvalue weighted by molar-refractivity contribution is -0.0345. The summed E-state index contributed by atoms with van der Waals surface area (Å²) >= 11 is 0. The van der Waals surface area contributed by atoms with Crippen LogP contribution in [0.15, 0.2) is 0 Å². The smallest absolute Gasteiger partial charge is 0.101 e. The van der Waals surface area contributed by atoms with Crippen molar-refractivity contribution in [1.29, 1.82) is 0 Å². The van der Waals surface area contributed by atoms with Gasteiger partial charge < -0.3 is 24.1 Å². The molecule has 0 rings (SSSR count). The van der Waals surface area contributed by atoms with Gasteiger partial charge in [-0.15, -0.1) is 0 Å². The SMILES string of the molecule is CCOCCOCCOCC(O)COCC. The van der Waals surface area contributed by atoms with E-state index < -0.39 is 6.10 Å². The van der Waals surface area contributed by atoms with E-state index in [2.05, 4.69) is 0 Å². The Morgan fingerprint density at radius 3 is 1.88 bits per heavy atom. The highest BCUT2D eigenvalue weighted by atomic mass is 16.5. The molecule has 0 aromatic carbocycles. The lowest BCUT2D eigenvalue weighted by Gasteiger charge is -2.11. The maximum atomic E-state index is 9.34. The summed E-state index contributed by atoms with van der Waals surface area (Å²) in [4.78, 5) is 0. The van der Waals surface area contributed by atoms with Crippen LogP contribution in [0.5, 0.6) is 0 Å². The highest BCUT2D eigenvalue weighted by Crippen LogP contribution is 1.88. The first-order valence-corrected chi connectivity index (χ1v) is 5.80. The van der Waals surface area contributed by atoms with E-state index in [0.29, 0.717) is 46.2 Å². The predicted molar refractivity (Wildman–Crippen MR) is 60.6 cm³/mol. The summed E-state index contributed by atoms with van der Waals surface area (Å²) in [6, 6.07) is 0. The fraction of sp³-hybridized carbons (Fsp3) is 1.00. The van der Waals surface area contributed by atoms with Gasteiger partial charge in [-0.25, -0.2) is 0 Å². The van der Waals surface area contributed by atoms with Crippen LogP contribution in [0.4, 0.5) is 0 Å². The summed E-state index contributed by atoms with van der Waals surface area (Å²) in [7, 11) is 0. The number of rotatable bonds is 12. The summed E-state index contributed by atoms with van der Waals surface area (Å²) in [6.07, 6.45) is -0.552. The van der Waals surface area contributed by atoms with Gasteiger partial charge in [0.05, 0.1) is 39.6 Å². The first kappa shape index (κ1) is 15.8. The molecule has 1 atom stereocenters. The van der Waals surface area contributed by atoms with Gasteiger partial charge in [0, 0.05) is 13.2 Å². The molecular formula is C11H24O5. The fourth-order valence-electron chi connectivity index (χ4n) is 1.00. The Balaban J connectivity index is 3.02. The molecule has 0 radical (unpaired) electrons. The largest absolute Gasteiger partial charge is 0.388 e. The summed E-state index contributed by atoms with van der Waals surface area (Å²) in [5.74, 6) is 0. The topological polar surface area (TPSA) is 57.2 Å². The van der Waals surface area contributed by atoms with Crippen molar-refractivity contribution in [3.63, 3.8) is 0 Å². The summed E-state index contributed by atoms with van der Waals surface area (Å²) in [5.41, 5.74) is 0. The van der Waals surface area contributed by atoms with Gasteiger partial charge in [-0.2, -0.15) is 0 Å². The molecule has 0 amide bonds. The average molecular weight is 236 g/mol. The molecule has 1 unspecified atom stereocenters. The number of aliphatic hydroxyl groups excluding tert-OH is 1. The van der Waals surface area contributed by atoms with Gasteiger partial charge >= 0.3 is 0 Å². The number of hydrogen-bond donors (Lipinski definition) is 1. The first-order chi connectivity index (χ1) is 7.81. The Hall–Kier alpha value is -0.200. The molecule has 0 fully saturated rings. The van der Waals surface area contributed by atoms with Crippen LogP contribution in [0.3, 0.4) is 0 Å². The Labute approximate surface area is 97.6 Å². The lowest BCUT2D eigenvalue weighted by Crippen LogP contribution is -2.23. The van der Waals surface area contributed by atoms with Crippen LogP contribution in [-0.2, 0) is 18.9 Å². The molecule has 0 aliphatic rings. The Kier molecular flexibility index (Phi) is 12.7. The molecule has 0 saturated carbocycles. The Morgan fingerprint density at radius 1 is 0.750 bits per heavy atom. The van der Waals surface area contributed by atoms with Crippen LogP contribution < -0.4 is 0 Å². The molecule has 5 heteroatoms. The van der Waals surface area contributed by atoms with Crippen molar-refractivity contribution < 1.29 is 24.1 Å². The monoisotopic (exact) mass is 236 g/mol. The minimum atomic E-state index is -0.552. The molecule has 1 N–H and O–H groups in total. The van der Waals surface area contributed by atoms with Gasteiger partial charge in [-0.05, 0) is 13.8 Å². The van der Waals surface area contributed by atoms with Crippen LogP contribution in [0, 0.1) is 0 Å². The van der Waals surface area contributed by atoms with Crippen LogP contribution in [-0.4, -0.2) is 64.1 Å². The van der Waals surface area contributed by atoms with Gasteiger partial charge in [-0.1, -0.05) is 0 Å². The van der Waals surface area contributed by atoms with Crippen molar-refractivity contribution in [1.82, 2.24) is 0 Å². The fourth-order valence-corrected chi connectivity index (χ4v) is 1.00. The zero-order valence-electron chi connectivity index (χ0n) is 10.3. The summed E-state index contributed by atoms with van der Waals surface area (Å²) in [6.45, 7) is 7.96. The third kappa shape index (κ3) is 11.9. The van der Waals surface area contributed by atoms with Gasteiger partial charge in [-0.3, -0.25) is 0 Å². The lowest BCUT2D eigenvalue weighted by atomic mass is 10.4. The third-order valence-corrected chi connectivity index (χ3v) is 1.77. The maximum Gasteiger partial charge on any atom is 0.101 e. The van der Waals surface area contributed by atoms with Crippen LogP contribution in [0.1, 0.15) is 13.8 Å². The van der Waals surface area contributed by atoms with Gasteiger partial charge in [0.1, 0.15) is 6.10 Å². The number of ether oxygens (including phenoxy) is 4. The van der Waals surface area contributed by atoms with Crippen molar-refractivity contribution in [2.24, 2.45) is 0 Å². The predicted octanol–water partition coefficient (Wildman–Crippen LogP) is 0.453. The zero-order chi connectivity index (χ0) is 12.1. The van der Waals surface area contributed by atoms with E-state index in [0.717, 1.165) is 0 Å². The molecule has 98 valence electrons. The normalized spacial score (nSPS) is 12.9. The van der Waals surface area contributed by atoms with E-state index in [1.807, 2.05) is 13.8 Å². The molecule has 0 aliphatic carbocycles. The second-order valence-corrected chi connectivity index (χ2v) is 3.20. The molecule has 0 bridgehead atoms. The van der Waals surface area contributed by atoms with Gasteiger partial charge in [0.2, 0.25) is 0 Å². The highest BCUT2D eigenvalue weighted by molar-refractivity contribution is 4.50. The number of hydrogen-bond acceptors (Lipinski definition) is 5. The molecule has 0 heterocycles. The molecule has 0 aromatic rings. The molecule has 16 heavy (non-hydrogen) atoms. The van der Waals surface area contributed by atoms with Gasteiger partial charge in [0.15, 0.2) is 0 Å². The molecule has 5 nitrogen and oxygen atoms in total. The van der Waals surface area contributed by atoms with E-state index in [4.69, 9.17) is 18.9 Å². The molecule has 0 saturated heterocycles. The van der Waals surface area contributed by atoms with Crippen LogP contribution >= 0.6 is 0 Å². The second kappa shape index (κ2) is 12.9. The molecular weight excluding hydrogens is 212 g/mol. The Morgan fingerprint density at radius 2 is 1.25 bits per heavy atom. The van der Waals surface area contributed by atoms with Crippen LogP contribution in [0.2, 0.25) is 0 Å². The second-order valence-electron chi connectivity index (χ2n) is 3.20. The standard InChI is InChI=1S/C11H24O5/c1-3-13-5-6-15-7-8-16-10-11(12)9-14-4-2/h11-12H,3-10H2,1-2H3. The molecule has 0 aliphatic heterocycles. The first-order valence-electron chi connectivity index (χ1n) is 5.80. The van der Waals surface area contributed by atoms with Crippen molar-refractivity contribution in [2.45, 2.75) is 20.0 Å². The highest BCUT2D eigenvalue weighted by Gasteiger charge is 2.03. The van der Waals surface area contributed by atoms with E-state index >= 15 is 0 Å². The van der Waals surface area contributed by atoms with Gasteiger partial charge in [0.25, 0.3) is 0 Å².